The first-order chi connectivity index (χ1) is 18.3. The molecule has 6 nitrogen and oxygen atoms in total. The zero-order valence-electron chi connectivity index (χ0n) is 20.3. The minimum absolute atomic E-state index is 0.0185. The average Bonchev–Trinajstić information content (AvgIpc) is 2.92. The smallest absolute Gasteiger partial charge is 0.264 e. The average molecular weight is 588 g/mol. The van der Waals surface area contributed by atoms with Crippen molar-refractivity contribution in [2.75, 3.05) is 23.3 Å². The lowest BCUT2D eigenvalue weighted by atomic mass is 10.2. The number of rotatable bonds is 10. The third-order valence-electron chi connectivity index (χ3n) is 5.50. The van der Waals surface area contributed by atoms with E-state index in [1.54, 1.807) is 48.2 Å². The quantitative estimate of drug-likeness (QED) is 0.200. The minimum Gasteiger partial charge on any atom is -0.497 e. The predicted octanol–water partition coefficient (Wildman–Crippen LogP) is 7.13. The van der Waals surface area contributed by atoms with Crippen LogP contribution in [0.15, 0.2) is 107 Å². The number of methoxy groups -OCH3 is 1. The molecule has 0 spiro atoms. The molecule has 4 rings (SSSR count). The number of benzene rings is 4. The van der Waals surface area contributed by atoms with Gasteiger partial charge in [-0.3, -0.25) is 9.10 Å². The highest BCUT2D eigenvalue weighted by Crippen LogP contribution is 2.31. The Bertz CT molecular complexity index is 1510. The monoisotopic (exact) mass is 586 g/mol. The van der Waals surface area contributed by atoms with Gasteiger partial charge in [-0.25, -0.2) is 8.42 Å². The fourth-order valence-electron chi connectivity index (χ4n) is 3.58. The van der Waals surface area contributed by atoms with Crippen LogP contribution in [0, 0.1) is 0 Å². The molecule has 0 aliphatic carbocycles. The molecule has 0 unspecified atom stereocenters. The summed E-state index contributed by atoms with van der Waals surface area (Å²) < 4.78 is 33.4. The predicted molar refractivity (Wildman–Crippen MR) is 155 cm³/mol. The van der Waals surface area contributed by atoms with Gasteiger partial charge >= 0.3 is 0 Å². The fourth-order valence-corrected chi connectivity index (χ4v) is 6.27. The van der Waals surface area contributed by atoms with E-state index in [9.17, 15) is 13.2 Å². The van der Waals surface area contributed by atoms with E-state index in [0.717, 1.165) is 14.8 Å². The second kappa shape index (κ2) is 12.6. The minimum atomic E-state index is -4.10. The lowest BCUT2D eigenvalue weighted by Crippen LogP contribution is -2.38. The molecule has 0 heterocycles. The second-order valence-electron chi connectivity index (χ2n) is 8.13. The lowest BCUT2D eigenvalue weighted by Gasteiger charge is -2.24. The number of sulfonamides is 1. The van der Waals surface area contributed by atoms with Crippen molar-refractivity contribution >= 4 is 62.3 Å². The Kier molecular flexibility index (Phi) is 9.22. The van der Waals surface area contributed by atoms with E-state index in [1.165, 1.54) is 25.3 Å². The topological polar surface area (TPSA) is 75.7 Å². The maximum absolute atomic E-state index is 13.6. The van der Waals surface area contributed by atoms with E-state index in [-0.39, 0.29) is 10.6 Å². The molecule has 38 heavy (non-hydrogen) atoms. The summed E-state index contributed by atoms with van der Waals surface area (Å²) >= 11 is 13.7. The van der Waals surface area contributed by atoms with E-state index in [1.807, 2.05) is 42.5 Å². The first-order valence-corrected chi connectivity index (χ1v) is 14.6. The highest BCUT2D eigenvalue weighted by atomic mass is 35.5. The molecule has 0 bridgehead atoms. The molecule has 0 saturated carbocycles. The summed E-state index contributed by atoms with van der Waals surface area (Å²) in [6.07, 6.45) is 0. The largest absolute Gasteiger partial charge is 0.497 e. The van der Waals surface area contributed by atoms with Crippen LogP contribution in [-0.2, 0) is 20.6 Å². The van der Waals surface area contributed by atoms with Crippen LogP contribution in [0.25, 0.3) is 0 Å². The van der Waals surface area contributed by atoms with Crippen molar-refractivity contribution < 1.29 is 17.9 Å². The molecule has 0 radical (unpaired) electrons. The summed E-state index contributed by atoms with van der Waals surface area (Å²) in [4.78, 5) is 14.1. The van der Waals surface area contributed by atoms with E-state index >= 15 is 0 Å². The van der Waals surface area contributed by atoms with Gasteiger partial charge in [0.15, 0.2) is 0 Å². The molecular formula is C28H24Cl2N2O4S2. The van der Waals surface area contributed by atoms with Gasteiger partial charge in [0.25, 0.3) is 10.0 Å². The highest BCUT2D eigenvalue weighted by Gasteiger charge is 2.28. The first-order valence-electron chi connectivity index (χ1n) is 11.4. The molecule has 0 aliphatic heterocycles. The van der Waals surface area contributed by atoms with Crippen molar-refractivity contribution in [3.8, 4) is 5.75 Å². The second-order valence-corrected chi connectivity index (χ2v) is 11.9. The number of hydrogen-bond donors (Lipinski definition) is 1. The first kappa shape index (κ1) is 27.9. The van der Waals surface area contributed by atoms with E-state index in [4.69, 9.17) is 27.9 Å². The van der Waals surface area contributed by atoms with Gasteiger partial charge in [0.1, 0.15) is 12.3 Å². The van der Waals surface area contributed by atoms with Crippen LogP contribution in [0.5, 0.6) is 5.75 Å². The van der Waals surface area contributed by atoms with Crippen molar-refractivity contribution in [3.63, 3.8) is 0 Å². The van der Waals surface area contributed by atoms with Crippen LogP contribution in [-0.4, -0.2) is 28.0 Å². The molecule has 0 atom stereocenters. The molecule has 196 valence electrons. The molecular weight excluding hydrogens is 563 g/mol. The Morgan fingerprint density at radius 1 is 0.895 bits per heavy atom. The van der Waals surface area contributed by atoms with Crippen LogP contribution >= 0.6 is 35.0 Å². The van der Waals surface area contributed by atoms with Crippen molar-refractivity contribution in [1.82, 2.24) is 0 Å². The van der Waals surface area contributed by atoms with Crippen LogP contribution < -0.4 is 14.4 Å². The lowest BCUT2D eigenvalue weighted by molar-refractivity contribution is -0.114. The standard InChI is InChI=1S/C28H24Cl2N2O4S2/c1-36-24-13-15-25(16-14-24)38(34,35)32(23-6-4-5-22(30)17-23)18-28(33)31-26-7-2-3-8-27(26)37-19-20-9-11-21(29)12-10-20/h2-17H,18-19H2,1H3,(H,31,33). The zero-order valence-corrected chi connectivity index (χ0v) is 23.4. The Labute approximate surface area is 236 Å². The number of hydrogen-bond acceptors (Lipinski definition) is 5. The summed E-state index contributed by atoms with van der Waals surface area (Å²) in [5.41, 5.74) is 1.94. The number of anilines is 2. The molecule has 1 N–H and O–H groups in total. The molecule has 4 aromatic rings. The molecule has 0 saturated heterocycles. The van der Waals surface area contributed by atoms with Crippen LogP contribution in [0.2, 0.25) is 10.0 Å². The van der Waals surface area contributed by atoms with Crippen molar-refractivity contribution in [1.29, 1.82) is 0 Å². The van der Waals surface area contributed by atoms with Crippen LogP contribution in [0.3, 0.4) is 0 Å². The number of para-hydroxylation sites is 1. The van der Waals surface area contributed by atoms with Gasteiger partial charge < -0.3 is 10.1 Å². The number of nitrogens with one attached hydrogen (secondary N) is 1. The highest BCUT2D eigenvalue weighted by molar-refractivity contribution is 7.98. The number of carbonyl (C=O) groups excluding carboxylic acids is 1. The number of thioether (sulfide) groups is 1. The molecule has 0 fully saturated rings. The molecule has 10 heteroatoms. The summed E-state index contributed by atoms with van der Waals surface area (Å²) in [6.45, 7) is -0.453. The van der Waals surface area contributed by atoms with Crippen molar-refractivity contribution in [2.24, 2.45) is 0 Å². The summed E-state index contributed by atoms with van der Waals surface area (Å²) in [7, 11) is -2.60. The zero-order chi connectivity index (χ0) is 27.1. The van der Waals surface area contributed by atoms with Gasteiger partial charge in [0.2, 0.25) is 5.91 Å². The number of amides is 1. The number of ether oxygens (including phenoxy) is 1. The molecule has 1 amide bonds. The Morgan fingerprint density at radius 2 is 1.61 bits per heavy atom. The van der Waals surface area contributed by atoms with Gasteiger partial charge in [0.05, 0.1) is 23.4 Å². The van der Waals surface area contributed by atoms with E-state index < -0.39 is 22.5 Å². The molecule has 0 aromatic heterocycles. The van der Waals surface area contributed by atoms with Gasteiger partial charge in [-0.1, -0.05) is 53.5 Å². The maximum atomic E-state index is 13.6. The third-order valence-corrected chi connectivity index (χ3v) is 8.92. The Balaban J connectivity index is 1.56. The third kappa shape index (κ3) is 7.02. The van der Waals surface area contributed by atoms with Gasteiger partial charge in [-0.05, 0) is 72.3 Å². The summed E-state index contributed by atoms with van der Waals surface area (Å²) in [5.74, 6) is 0.690. The molecule has 0 aliphatic rings. The number of halogens is 2. The summed E-state index contributed by atoms with van der Waals surface area (Å²) in [6, 6.07) is 27.3. The van der Waals surface area contributed by atoms with Gasteiger partial charge in [0, 0.05) is 20.7 Å². The Hall–Kier alpha value is -3.17. The number of carbonyl (C=O) groups is 1. The van der Waals surface area contributed by atoms with E-state index in [2.05, 4.69) is 5.32 Å². The van der Waals surface area contributed by atoms with Crippen molar-refractivity contribution in [2.45, 2.75) is 15.5 Å². The Morgan fingerprint density at radius 3 is 2.29 bits per heavy atom. The van der Waals surface area contributed by atoms with Gasteiger partial charge in [-0.15, -0.1) is 11.8 Å². The van der Waals surface area contributed by atoms with E-state index in [0.29, 0.717) is 27.2 Å². The molecule has 4 aromatic carbocycles. The summed E-state index contributed by atoms with van der Waals surface area (Å²) in [5, 5.41) is 3.89. The normalized spacial score (nSPS) is 11.1. The van der Waals surface area contributed by atoms with Crippen LogP contribution in [0.4, 0.5) is 11.4 Å². The SMILES string of the molecule is COc1ccc(S(=O)(=O)N(CC(=O)Nc2ccccc2SCc2ccc(Cl)cc2)c2cccc(Cl)c2)cc1. The van der Waals surface area contributed by atoms with Crippen LogP contribution in [0.1, 0.15) is 5.56 Å². The number of nitrogens with zero attached hydrogens (tertiary/aromatic N) is 1. The van der Waals surface area contributed by atoms with Gasteiger partial charge in [-0.2, -0.15) is 0 Å². The van der Waals surface area contributed by atoms with Crippen molar-refractivity contribution in [3.05, 3.63) is 113 Å². The fraction of sp³-hybridized carbons (Fsp3) is 0.107. The maximum Gasteiger partial charge on any atom is 0.264 e.